The molecule has 0 fully saturated rings. The maximum Gasteiger partial charge on any atom is 0.150 e. The molecular formula is C31H30ClN5S. The summed E-state index contributed by atoms with van der Waals surface area (Å²) in [5.74, 6) is 0.993. The molecule has 0 atom stereocenters. The van der Waals surface area contributed by atoms with Crippen LogP contribution in [-0.4, -0.2) is 19.2 Å². The summed E-state index contributed by atoms with van der Waals surface area (Å²) in [7, 11) is 0. The third kappa shape index (κ3) is 4.70. The van der Waals surface area contributed by atoms with Crippen molar-refractivity contribution in [3.05, 3.63) is 106 Å². The molecule has 0 radical (unpaired) electrons. The van der Waals surface area contributed by atoms with E-state index in [1.807, 2.05) is 24.3 Å². The van der Waals surface area contributed by atoms with Gasteiger partial charge in [-0.1, -0.05) is 71.3 Å². The van der Waals surface area contributed by atoms with Gasteiger partial charge in [0.15, 0.2) is 5.82 Å². The minimum atomic E-state index is 0.611. The van der Waals surface area contributed by atoms with Gasteiger partial charge in [-0.15, -0.1) is 0 Å². The Balaban J connectivity index is 1.48. The highest BCUT2D eigenvalue weighted by Crippen LogP contribution is 2.37. The number of thiocarbonyl (C=S) groups is 1. The van der Waals surface area contributed by atoms with E-state index in [0.717, 1.165) is 59.4 Å². The molecule has 192 valence electrons. The van der Waals surface area contributed by atoms with Crippen molar-refractivity contribution < 1.29 is 0 Å². The molecule has 5 nitrogen and oxygen atoms in total. The summed E-state index contributed by atoms with van der Waals surface area (Å²) < 4.78 is 4.46. The van der Waals surface area contributed by atoms with Gasteiger partial charge in [0.1, 0.15) is 16.3 Å². The number of aryl methyl sites for hydroxylation is 4. The number of rotatable bonds is 6. The van der Waals surface area contributed by atoms with E-state index in [1.165, 1.54) is 27.8 Å². The van der Waals surface area contributed by atoms with E-state index in [-0.39, 0.29) is 0 Å². The van der Waals surface area contributed by atoms with Crippen molar-refractivity contribution in [2.24, 2.45) is 0 Å². The van der Waals surface area contributed by atoms with Gasteiger partial charge in [0, 0.05) is 34.1 Å². The Hall–Kier alpha value is -3.61. The van der Waals surface area contributed by atoms with Crippen molar-refractivity contribution >= 4 is 45.8 Å². The van der Waals surface area contributed by atoms with Gasteiger partial charge in [0.25, 0.3) is 0 Å². The zero-order valence-corrected chi connectivity index (χ0v) is 23.2. The number of hydrogen-bond acceptors (Lipinski definition) is 3. The topological polar surface area (TPSA) is 46.3 Å². The molecule has 0 saturated carbocycles. The standard InChI is InChI=1S/C31H30ClN5S/c1-20-6-10-22(11-7-20)28-26-5-3-4-18-36-27(19-33-24-16-12-23(32)13-17-24)35-37(31(26)36)29(28)30(38)34-25-14-8-21(2)9-15-25/h6-17,33H,3-5,18-19H2,1-2H3,(H,34,38). The van der Waals surface area contributed by atoms with Crippen LogP contribution in [0, 0.1) is 13.8 Å². The molecule has 1 aliphatic heterocycles. The first-order chi connectivity index (χ1) is 18.5. The van der Waals surface area contributed by atoms with Crippen molar-refractivity contribution in [1.29, 1.82) is 0 Å². The minimum absolute atomic E-state index is 0.611. The Morgan fingerprint density at radius 3 is 2.26 bits per heavy atom. The molecule has 2 aromatic heterocycles. The van der Waals surface area contributed by atoms with Gasteiger partial charge >= 0.3 is 0 Å². The Labute approximate surface area is 233 Å². The molecule has 6 rings (SSSR count). The summed E-state index contributed by atoms with van der Waals surface area (Å²) in [6, 6.07) is 24.9. The average Bonchev–Trinajstić information content (AvgIpc) is 3.32. The normalized spacial score (nSPS) is 12.9. The van der Waals surface area contributed by atoms with E-state index in [4.69, 9.17) is 28.9 Å². The largest absolute Gasteiger partial charge is 0.378 e. The van der Waals surface area contributed by atoms with Gasteiger partial charge in [0.2, 0.25) is 0 Å². The second kappa shape index (κ2) is 10.3. The number of benzene rings is 3. The third-order valence-electron chi connectivity index (χ3n) is 7.22. The second-order valence-corrected chi connectivity index (χ2v) is 10.9. The summed E-state index contributed by atoms with van der Waals surface area (Å²) >= 11 is 12.2. The summed E-state index contributed by atoms with van der Waals surface area (Å²) in [4.78, 5) is 0.674. The van der Waals surface area contributed by atoms with Gasteiger partial charge in [-0.2, -0.15) is 5.10 Å². The Bertz CT molecular complexity index is 1610. The van der Waals surface area contributed by atoms with Crippen LogP contribution in [0.15, 0.2) is 72.8 Å². The first-order valence-electron chi connectivity index (χ1n) is 13.1. The molecule has 7 heteroatoms. The summed E-state index contributed by atoms with van der Waals surface area (Å²) in [5, 5.41) is 12.9. The molecular weight excluding hydrogens is 510 g/mol. The van der Waals surface area contributed by atoms with Gasteiger partial charge in [0.05, 0.1) is 6.54 Å². The van der Waals surface area contributed by atoms with Gasteiger partial charge < -0.3 is 15.2 Å². The number of aromatic nitrogens is 3. The smallest absolute Gasteiger partial charge is 0.150 e. The molecule has 0 amide bonds. The van der Waals surface area contributed by atoms with Crippen molar-refractivity contribution in [2.45, 2.75) is 46.2 Å². The molecule has 0 saturated heterocycles. The van der Waals surface area contributed by atoms with Crippen molar-refractivity contribution in [3.8, 4) is 11.1 Å². The van der Waals surface area contributed by atoms with Crippen LogP contribution in [0.4, 0.5) is 11.4 Å². The van der Waals surface area contributed by atoms with Crippen LogP contribution >= 0.6 is 23.8 Å². The van der Waals surface area contributed by atoms with E-state index >= 15 is 0 Å². The van der Waals surface area contributed by atoms with Crippen LogP contribution < -0.4 is 10.6 Å². The number of nitrogens with one attached hydrogen (secondary N) is 2. The van der Waals surface area contributed by atoms with E-state index in [2.05, 4.69) is 82.1 Å². The predicted octanol–water partition coefficient (Wildman–Crippen LogP) is 7.81. The average molecular weight is 540 g/mol. The number of hydrogen-bond donors (Lipinski definition) is 2. The fourth-order valence-electron chi connectivity index (χ4n) is 5.25. The lowest BCUT2D eigenvalue weighted by Crippen LogP contribution is -2.15. The zero-order chi connectivity index (χ0) is 26.2. The summed E-state index contributed by atoms with van der Waals surface area (Å²) in [5.41, 5.74) is 10.2. The first-order valence-corrected chi connectivity index (χ1v) is 13.8. The second-order valence-electron chi connectivity index (χ2n) is 10.0. The Morgan fingerprint density at radius 1 is 0.895 bits per heavy atom. The van der Waals surface area contributed by atoms with E-state index in [1.54, 1.807) is 0 Å². The zero-order valence-electron chi connectivity index (χ0n) is 21.6. The lowest BCUT2D eigenvalue weighted by atomic mass is 9.97. The Kier molecular flexibility index (Phi) is 6.68. The van der Waals surface area contributed by atoms with Crippen LogP contribution in [0.5, 0.6) is 0 Å². The van der Waals surface area contributed by atoms with E-state index in [0.29, 0.717) is 11.5 Å². The van der Waals surface area contributed by atoms with Gasteiger partial charge in [-0.05, 0) is 75.1 Å². The molecule has 2 N–H and O–H groups in total. The number of anilines is 2. The molecule has 0 aliphatic carbocycles. The molecule has 3 heterocycles. The SMILES string of the molecule is Cc1ccc(NC(=S)c2c(-c3ccc(C)cc3)c3c4n(c(CNc5ccc(Cl)cc5)nn24)CCCC3)cc1. The molecule has 0 unspecified atom stereocenters. The van der Waals surface area contributed by atoms with Crippen LogP contribution in [0.3, 0.4) is 0 Å². The van der Waals surface area contributed by atoms with Crippen molar-refractivity contribution in [1.82, 2.24) is 14.2 Å². The molecule has 38 heavy (non-hydrogen) atoms. The summed E-state index contributed by atoms with van der Waals surface area (Å²) in [6.07, 6.45) is 3.24. The van der Waals surface area contributed by atoms with E-state index in [9.17, 15) is 0 Å². The fraction of sp³-hybridized carbons (Fsp3) is 0.226. The van der Waals surface area contributed by atoms with Crippen LogP contribution in [-0.2, 0) is 19.5 Å². The van der Waals surface area contributed by atoms with E-state index < -0.39 is 0 Å². The Morgan fingerprint density at radius 2 is 1.55 bits per heavy atom. The van der Waals surface area contributed by atoms with Crippen LogP contribution in [0.25, 0.3) is 16.8 Å². The van der Waals surface area contributed by atoms with Crippen LogP contribution in [0.1, 0.15) is 41.1 Å². The summed E-state index contributed by atoms with van der Waals surface area (Å²) in [6.45, 7) is 5.75. The highest BCUT2D eigenvalue weighted by Gasteiger charge is 2.29. The van der Waals surface area contributed by atoms with Crippen molar-refractivity contribution in [3.63, 3.8) is 0 Å². The third-order valence-corrected chi connectivity index (χ3v) is 7.77. The number of halogens is 1. The number of nitrogens with zero attached hydrogens (tertiary/aromatic N) is 3. The molecule has 5 aromatic rings. The fourth-order valence-corrected chi connectivity index (χ4v) is 5.68. The monoisotopic (exact) mass is 539 g/mol. The molecule has 0 spiro atoms. The van der Waals surface area contributed by atoms with Crippen molar-refractivity contribution in [2.75, 3.05) is 10.6 Å². The molecule has 1 aliphatic rings. The quantitative estimate of drug-likeness (QED) is 0.216. The lowest BCUT2D eigenvalue weighted by Gasteiger charge is -2.12. The molecule has 3 aromatic carbocycles. The highest BCUT2D eigenvalue weighted by atomic mass is 35.5. The minimum Gasteiger partial charge on any atom is -0.378 e. The predicted molar refractivity (Wildman–Crippen MR) is 162 cm³/mol. The molecule has 0 bridgehead atoms. The van der Waals surface area contributed by atoms with Gasteiger partial charge in [-0.25, -0.2) is 4.52 Å². The van der Waals surface area contributed by atoms with Gasteiger partial charge in [-0.3, -0.25) is 0 Å². The van der Waals surface area contributed by atoms with Crippen LogP contribution in [0.2, 0.25) is 5.02 Å². The highest BCUT2D eigenvalue weighted by molar-refractivity contribution is 7.81. The lowest BCUT2D eigenvalue weighted by molar-refractivity contribution is 0.619. The maximum atomic E-state index is 6.09. The maximum absolute atomic E-state index is 6.09. The first kappa shape index (κ1) is 24.7.